The summed E-state index contributed by atoms with van der Waals surface area (Å²) in [4.78, 5) is 15.1. The maximum Gasteiger partial charge on any atom is 0.231 e. The van der Waals surface area contributed by atoms with Crippen molar-refractivity contribution < 1.29 is 23.5 Å². The van der Waals surface area contributed by atoms with E-state index in [0.717, 1.165) is 22.5 Å². The Morgan fingerprint density at radius 1 is 1.00 bits per heavy atom. The number of aromatic nitrogens is 1. The van der Waals surface area contributed by atoms with Gasteiger partial charge in [0.05, 0.1) is 40.0 Å². The van der Waals surface area contributed by atoms with E-state index in [1.807, 2.05) is 44.2 Å². The molecule has 1 aromatic heterocycles. The second kappa shape index (κ2) is 9.35. The predicted octanol–water partition coefficient (Wildman–Crippen LogP) is 4.09. The molecule has 30 heavy (non-hydrogen) atoms. The van der Waals surface area contributed by atoms with Crippen molar-refractivity contribution in [3.63, 3.8) is 0 Å². The zero-order chi connectivity index (χ0) is 21.7. The van der Waals surface area contributed by atoms with E-state index in [4.69, 9.17) is 18.7 Å². The first kappa shape index (κ1) is 21.2. The lowest BCUT2D eigenvalue weighted by Crippen LogP contribution is -2.32. The maximum atomic E-state index is 13.4. The number of carbonyl (C=O) groups is 1. The van der Waals surface area contributed by atoms with Crippen molar-refractivity contribution in [2.75, 3.05) is 26.2 Å². The summed E-state index contributed by atoms with van der Waals surface area (Å²) in [7, 11) is 4.65. The minimum absolute atomic E-state index is 0.0736. The van der Waals surface area contributed by atoms with Gasteiger partial charge >= 0.3 is 0 Å². The highest BCUT2D eigenvalue weighted by atomic mass is 16.5. The number of amides is 1. The van der Waals surface area contributed by atoms with E-state index in [0.29, 0.717) is 29.6 Å². The summed E-state index contributed by atoms with van der Waals surface area (Å²) in [5, 5.41) is 4.01. The highest BCUT2D eigenvalue weighted by Gasteiger charge is 2.22. The first-order chi connectivity index (χ1) is 14.5. The van der Waals surface area contributed by atoms with Crippen molar-refractivity contribution in [2.24, 2.45) is 0 Å². The van der Waals surface area contributed by atoms with Crippen molar-refractivity contribution in [3.05, 3.63) is 65.0 Å². The third-order valence-electron chi connectivity index (χ3n) is 4.95. The molecule has 7 heteroatoms. The van der Waals surface area contributed by atoms with E-state index >= 15 is 0 Å². The van der Waals surface area contributed by atoms with Gasteiger partial charge in [-0.05, 0) is 43.7 Å². The molecular weight excluding hydrogens is 384 g/mol. The summed E-state index contributed by atoms with van der Waals surface area (Å²) in [6, 6.07) is 13.1. The molecule has 0 N–H and O–H groups in total. The summed E-state index contributed by atoms with van der Waals surface area (Å²) in [6.07, 6.45) is 0.162. The van der Waals surface area contributed by atoms with Crippen LogP contribution in [-0.2, 0) is 17.8 Å². The van der Waals surface area contributed by atoms with E-state index in [9.17, 15) is 4.79 Å². The van der Waals surface area contributed by atoms with Gasteiger partial charge in [-0.2, -0.15) is 0 Å². The molecule has 0 atom stereocenters. The Morgan fingerprint density at radius 3 is 2.13 bits per heavy atom. The Labute approximate surface area is 176 Å². The lowest BCUT2D eigenvalue weighted by Gasteiger charge is -2.23. The minimum Gasteiger partial charge on any atom is -0.493 e. The molecule has 0 aliphatic rings. The molecule has 158 valence electrons. The fraction of sp³-hybridized carbons (Fsp3) is 0.304. The highest BCUT2D eigenvalue weighted by molar-refractivity contribution is 5.95. The van der Waals surface area contributed by atoms with Crippen LogP contribution >= 0.6 is 0 Å². The minimum atomic E-state index is -0.0736. The third-order valence-corrected chi connectivity index (χ3v) is 4.95. The van der Waals surface area contributed by atoms with E-state index in [1.165, 1.54) is 0 Å². The third kappa shape index (κ3) is 4.40. The number of nitrogens with zero attached hydrogens (tertiary/aromatic N) is 2. The summed E-state index contributed by atoms with van der Waals surface area (Å²) >= 11 is 0. The van der Waals surface area contributed by atoms with E-state index in [1.54, 1.807) is 38.4 Å². The quantitative estimate of drug-likeness (QED) is 0.557. The summed E-state index contributed by atoms with van der Waals surface area (Å²) in [6.45, 7) is 4.09. The molecule has 3 rings (SSSR count). The van der Waals surface area contributed by atoms with Gasteiger partial charge in [0.15, 0.2) is 11.5 Å². The first-order valence-electron chi connectivity index (χ1n) is 9.54. The molecule has 7 nitrogen and oxygen atoms in total. The number of para-hydroxylation sites is 1. The average molecular weight is 410 g/mol. The van der Waals surface area contributed by atoms with Crippen LogP contribution in [0.4, 0.5) is 5.69 Å². The van der Waals surface area contributed by atoms with Gasteiger partial charge in [0, 0.05) is 11.3 Å². The van der Waals surface area contributed by atoms with Gasteiger partial charge in [-0.3, -0.25) is 4.79 Å². The molecule has 0 aliphatic carbocycles. The number of anilines is 1. The molecule has 1 amide bonds. The first-order valence-corrected chi connectivity index (χ1v) is 9.54. The topological polar surface area (TPSA) is 74.0 Å². The predicted molar refractivity (Wildman–Crippen MR) is 113 cm³/mol. The number of carbonyl (C=O) groups excluding carboxylic acids is 1. The molecule has 0 unspecified atom stereocenters. The fourth-order valence-electron chi connectivity index (χ4n) is 3.32. The Morgan fingerprint density at radius 2 is 1.63 bits per heavy atom. The van der Waals surface area contributed by atoms with Gasteiger partial charge < -0.3 is 23.6 Å². The number of benzene rings is 2. The molecule has 0 fully saturated rings. The van der Waals surface area contributed by atoms with Gasteiger partial charge in [0.25, 0.3) is 0 Å². The van der Waals surface area contributed by atoms with E-state index in [2.05, 4.69) is 5.16 Å². The molecular formula is C23H26N2O5. The van der Waals surface area contributed by atoms with E-state index < -0.39 is 0 Å². The van der Waals surface area contributed by atoms with Crippen LogP contribution < -0.4 is 19.1 Å². The van der Waals surface area contributed by atoms with Crippen molar-refractivity contribution in [1.82, 2.24) is 5.16 Å². The number of aryl methyl sites for hydroxylation is 2. The standard InChI is InChI=1S/C23H26N2O5/c1-15-19(16(2)30-24-15)14-25(18-9-7-6-8-10-18)22(26)13-17-11-20(27-3)23(29-5)21(12-17)28-4/h6-12H,13-14H2,1-5H3. The van der Waals surface area contributed by atoms with Crippen LogP contribution in [0.2, 0.25) is 0 Å². The fourth-order valence-corrected chi connectivity index (χ4v) is 3.32. The molecule has 1 heterocycles. The number of ether oxygens (including phenoxy) is 3. The van der Waals surface area contributed by atoms with Gasteiger partial charge in [-0.15, -0.1) is 0 Å². The lowest BCUT2D eigenvalue weighted by atomic mass is 10.1. The van der Waals surface area contributed by atoms with E-state index in [-0.39, 0.29) is 12.3 Å². The lowest BCUT2D eigenvalue weighted by molar-refractivity contribution is -0.118. The number of rotatable bonds is 8. The number of methoxy groups -OCH3 is 3. The summed E-state index contributed by atoms with van der Waals surface area (Å²) in [5.41, 5.74) is 3.23. The van der Waals surface area contributed by atoms with Gasteiger partial charge in [0.1, 0.15) is 5.76 Å². The highest BCUT2D eigenvalue weighted by Crippen LogP contribution is 2.38. The maximum absolute atomic E-state index is 13.4. The summed E-state index contributed by atoms with van der Waals surface area (Å²) < 4.78 is 21.5. The zero-order valence-corrected chi connectivity index (χ0v) is 17.9. The summed E-state index contributed by atoms with van der Waals surface area (Å²) in [5.74, 6) is 2.14. The van der Waals surface area contributed by atoms with Crippen molar-refractivity contribution in [2.45, 2.75) is 26.8 Å². The van der Waals surface area contributed by atoms with Crippen LogP contribution in [0.15, 0.2) is 47.0 Å². The molecule has 0 saturated carbocycles. The van der Waals surface area contributed by atoms with Crippen LogP contribution in [0.25, 0.3) is 0 Å². The van der Waals surface area contributed by atoms with Gasteiger partial charge in [-0.1, -0.05) is 23.4 Å². The Balaban J connectivity index is 1.94. The van der Waals surface area contributed by atoms with Crippen LogP contribution in [-0.4, -0.2) is 32.4 Å². The average Bonchev–Trinajstić information content (AvgIpc) is 3.08. The van der Waals surface area contributed by atoms with Gasteiger partial charge in [0.2, 0.25) is 11.7 Å². The monoisotopic (exact) mass is 410 g/mol. The van der Waals surface area contributed by atoms with Crippen LogP contribution in [0.3, 0.4) is 0 Å². The van der Waals surface area contributed by atoms with Crippen molar-refractivity contribution >= 4 is 11.6 Å². The SMILES string of the molecule is COc1cc(CC(=O)N(Cc2c(C)noc2C)c2ccccc2)cc(OC)c1OC. The molecule has 0 aliphatic heterocycles. The molecule has 0 saturated heterocycles. The Bertz CT molecular complexity index is 969. The Kier molecular flexibility index (Phi) is 6.61. The molecule has 2 aromatic carbocycles. The molecule has 0 radical (unpaired) electrons. The van der Waals surface area contributed by atoms with Gasteiger partial charge in [-0.25, -0.2) is 0 Å². The largest absolute Gasteiger partial charge is 0.493 e. The molecule has 3 aromatic rings. The normalized spacial score (nSPS) is 10.6. The van der Waals surface area contributed by atoms with Crippen molar-refractivity contribution in [3.8, 4) is 17.2 Å². The molecule has 0 spiro atoms. The van der Waals surface area contributed by atoms with Crippen molar-refractivity contribution in [1.29, 1.82) is 0 Å². The number of hydrogen-bond donors (Lipinski definition) is 0. The molecule has 0 bridgehead atoms. The Hall–Kier alpha value is -3.48. The van der Waals surface area contributed by atoms with Crippen LogP contribution in [0, 0.1) is 13.8 Å². The second-order valence-electron chi connectivity index (χ2n) is 6.83. The zero-order valence-electron chi connectivity index (χ0n) is 17.9. The second-order valence-corrected chi connectivity index (χ2v) is 6.83. The van der Waals surface area contributed by atoms with Crippen LogP contribution in [0.1, 0.15) is 22.6 Å². The number of hydrogen-bond acceptors (Lipinski definition) is 6. The van der Waals surface area contributed by atoms with Crippen LogP contribution in [0.5, 0.6) is 17.2 Å². The smallest absolute Gasteiger partial charge is 0.231 e.